The molecule has 182 valence electrons. The number of anilines is 2. The second kappa shape index (κ2) is 10.5. The molecule has 1 aliphatic rings. The number of para-hydroxylation sites is 1. The van der Waals surface area contributed by atoms with Gasteiger partial charge < -0.3 is 14.4 Å². The molecule has 3 aromatic carbocycles. The highest BCUT2D eigenvalue weighted by Crippen LogP contribution is 2.35. The first kappa shape index (κ1) is 24.1. The second-order valence-electron chi connectivity index (χ2n) is 8.54. The summed E-state index contributed by atoms with van der Waals surface area (Å²) in [5, 5.41) is 0. The van der Waals surface area contributed by atoms with Crippen molar-refractivity contribution < 1.29 is 23.5 Å². The maximum atomic E-state index is 13.2. The fraction of sp³-hybridized carbons (Fsp3) is 0.259. The number of benzene rings is 3. The maximum absolute atomic E-state index is 13.2. The van der Waals surface area contributed by atoms with Gasteiger partial charge in [-0.2, -0.15) is 0 Å². The third-order valence-corrected chi connectivity index (χ3v) is 6.11. The summed E-state index contributed by atoms with van der Waals surface area (Å²) in [6.45, 7) is 4.51. The number of amides is 2. The summed E-state index contributed by atoms with van der Waals surface area (Å²) < 4.78 is 24.5. The summed E-state index contributed by atoms with van der Waals surface area (Å²) >= 11 is 0. The molecule has 1 saturated heterocycles. The van der Waals surface area contributed by atoms with Gasteiger partial charge in [0.25, 0.3) is 0 Å². The number of hydrazine groups is 1. The summed E-state index contributed by atoms with van der Waals surface area (Å²) in [5.74, 6) is -0.319. The van der Waals surface area contributed by atoms with E-state index in [2.05, 4.69) is 10.9 Å². The van der Waals surface area contributed by atoms with Gasteiger partial charge in [0, 0.05) is 18.7 Å². The van der Waals surface area contributed by atoms with Crippen LogP contribution in [0.1, 0.15) is 23.1 Å². The normalized spacial score (nSPS) is 15.1. The number of aryl methyl sites for hydroxylation is 2. The van der Waals surface area contributed by atoms with Crippen LogP contribution in [0.5, 0.6) is 11.5 Å². The Hall–Kier alpha value is -4.07. The zero-order valence-electron chi connectivity index (χ0n) is 19.9. The molecule has 3 aromatic rings. The van der Waals surface area contributed by atoms with Crippen LogP contribution in [0.2, 0.25) is 0 Å². The Morgan fingerprint density at radius 1 is 1.09 bits per heavy atom. The first-order valence-electron chi connectivity index (χ1n) is 11.3. The number of carbonyl (C=O) groups excluding carboxylic acids is 2. The number of hydrogen-bond acceptors (Lipinski definition) is 5. The number of nitrogens with one attached hydrogen (secondary N) is 2. The van der Waals surface area contributed by atoms with E-state index in [0.29, 0.717) is 23.7 Å². The molecule has 1 fully saturated rings. The summed E-state index contributed by atoms with van der Waals surface area (Å²) in [4.78, 5) is 27.1. The minimum Gasteiger partial charge on any atom is -0.493 e. The quantitative estimate of drug-likeness (QED) is 0.466. The Labute approximate surface area is 203 Å². The number of ether oxygens (including phenoxy) is 2. The standard InChI is InChI=1S/C27H28FN3O4/c1-17-7-12-22(13-18(17)2)31-15-20(14-25(31)32)27(33)30-29-23-5-4-6-24(34-3)26(23)35-16-19-8-10-21(28)11-9-19/h4-13,20,29H,14-16H2,1-3H3,(H,30,33)/t20-/m1/s1. The van der Waals surface area contributed by atoms with Crippen molar-refractivity contribution >= 4 is 23.2 Å². The summed E-state index contributed by atoms with van der Waals surface area (Å²) in [5.41, 5.74) is 9.91. The van der Waals surface area contributed by atoms with Gasteiger partial charge in [0.05, 0.1) is 18.7 Å². The Morgan fingerprint density at radius 2 is 1.86 bits per heavy atom. The molecule has 35 heavy (non-hydrogen) atoms. The fourth-order valence-corrected chi connectivity index (χ4v) is 3.92. The zero-order valence-corrected chi connectivity index (χ0v) is 19.9. The van der Waals surface area contributed by atoms with E-state index in [1.807, 2.05) is 32.0 Å². The van der Waals surface area contributed by atoms with Crippen LogP contribution in [0.4, 0.5) is 15.8 Å². The molecule has 0 aliphatic carbocycles. The van der Waals surface area contributed by atoms with E-state index in [-0.39, 0.29) is 30.7 Å². The van der Waals surface area contributed by atoms with Gasteiger partial charge in [-0.3, -0.25) is 20.4 Å². The van der Waals surface area contributed by atoms with Crippen molar-refractivity contribution in [1.29, 1.82) is 0 Å². The minimum absolute atomic E-state index is 0.0851. The molecule has 0 spiro atoms. The van der Waals surface area contributed by atoms with Crippen LogP contribution < -0.4 is 25.2 Å². The molecule has 1 heterocycles. The average molecular weight is 478 g/mol. The summed E-state index contributed by atoms with van der Waals surface area (Å²) in [6, 6.07) is 17.1. The van der Waals surface area contributed by atoms with E-state index < -0.39 is 5.92 Å². The van der Waals surface area contributed by atoms with Gasteiger partial charge in [0.15, 0.2) is 11.5 Å². The summed E-state index contributed by atoms with van der Waals surface area (Å²) in [6.07, 6.45) is 0.131. The molecule has 2 amide bonds. The van der Waals surface area contributed by atoms with Crippen LogP contribution >= 0.6 is 0 Å². The molecule has 1 atom stereocenters. The maximum Gasteiger partial charge on any atom is 0.243 e. The fourth-order valence-electron chi connectivity index (χ4n) is 3.92. The molecule has 7 nitrogen and oxygen atoms in total. The third kappa shape index (κ3) is 5.54. The molecule has 0 bridgehead atoms. The van der Waals surface area contributed by atoms with Crippen molar-refractivity contribution in [2.45, 2.75) is 26.9 Å². The van der Waals surface area contributed by atoms with E-state index in [0.717, 1.165) is 22.4 Å². The SMILES string of the molecule is COc1cccc(NNC(=O)[C@@H]2CC(=O)N(c3ccc(C)c(C)c3)C2)c1OCc1ccc(F)cc1. The number of nitrogens with zero attached hydrogens (tertiary/aromatic N) is 1. The van der Waals surface area contributed by atoms with Crippen molar-refractivity contribution in [3.63, 3.8) is 0 Å². The van der Waals surface area contributed by atoms with Gasteiger partial charge in [-0.15, -0.1) is 0 Å². The van der Waals surface area contributed by atoms with Crippen molar-refractivity contribution in [3.8, 4) is 11.5 Å². The van der Waals surface area contributed by atoms with E-state index in [4.69, 9.17) is 9.47 Å². The van der Waals surface area contributed by atoms with Crippen molar-refractivity contribution in [1.82, 2.24) is 5.43 Å². The molecule has 0 radical (unpaired) electrons. The Bertz CT molecular complexity index is 1230. The van der Waals surface area contributed by atoms with E-state index >= 15 is 0 Å². The number of rotatable bonds is 8. The number of halogens is 1. The predicted molar refractivity (Wildman–Crippen MR) is 132 cm³/mol. The van der Waals surface area contributed by atoms with Crippen molar-refractivity contribution in [3.05, 3.63) is 83.2 Å². The van der Waals surface area contributed by atoms with Crippen molar-refractivity contribution in [2.24, 2.45) is 5.92 Å². The molecular weight excluding hydrogens is 449 g/mol. The van der Waals surface area contributed by atoms with Crippen LogP contribution in [0.3, 0.4) is 0 Å². The third-order valence-electron chi connectivity index (χ3n) is 6.11. The predicted octanol–water partition coefficient (Wildman–Crippen LogP) is 4.53. The molecule has 8 heteroatoms. The average Bonchev–Trinajstić information content (AvgIpc) is 3.25. The number of hydrogen-bond donors (Lipinski definition) is 2. The van der Waals surface area contributed by atoms with Gasteiger partial charge in [0.2, 0.25) is 11.8 Å². The lowest BCUT2D eigenvalue weighted by Crippen LogP contribution is -2.36. The molecule has 0 saturated carbocycles. The first-order chi connectivity index (χ1) is 16.9. The highest BCUT2D eigenvalue weighted by atomic mass is 19.1. The van der Waals surface area contributed by atoms with Crippen LogP contribution in [0, 0.1) is 25.6 Å². The van der Waals surface area contributed by atoms with Crippen molar-refractivity contribution in [2.75, 3.05) is 24.0 Å². The minimum atomic E-state index is -0.495. The van der Waals surface area contributed by atoms with Crippen LogP contribution in [0.25, 0.3) is 0 Å². The van der Waals surface area contributed by atoms with Gasteiger partial charge in [-0.05, 0) is 66.9 Å². The smallest absolute Gasteiger partial charge is 0.243 e. The first-order valence-corrected chi connectivity index (χ1v) is 11.3. The van der Waals surface area contributed by atoms with Crippen LogP contribution in [-0.2, 0) is 16.2 Å². The van der Waals surface area contributed by atoms with E-state index in [1.54, 1.807) is 35.2 Å². The van der Waals surface area contributed by atoms with Gasteiger partial charge in [0.1, 0.15) is 12.4 Å². The Morgan fingerprint density at radius 3 is 2.57 bits per heavy atom. The lowest BCUT2D eigenvalue weighted by Gasteiger charge is -2.19. The second-order valence-corrected chi connectivity index (χ2v) is 8.54. The van der Waals surface area contributed by atoms with E-state index in [9.17, 15) is 14.0 Å². The van der Waals surface area contributed by atoms with E-state index in [1.165, 1.54) is 19.2 Å². The Kier molecular flexibility index (Phi) is 7.19. The molecule has 2 N–H and O–H groups in total. The molecule has 0 unspecified atom stereocenters. The highest BCUT2D eigenvalue weighted by molar-refractivity contribution is 6.00. The zero-order chi connectivity index (χ0) is 24.9. The molecular formula is C27H28FN3O4. The highest BCUT2D eigenvalue weighted by Gasteiger charge is 2.35. The van der Waals surface area contributed by atoms with Crippen LogP contribution in [-0.4, -0.2) is 25.5 Å². The monoisotopic (exact) mass is 477 g/mol. The van der Waals surface area contributed by atoms with Gasteiger partial charge in [-0.1, -0.05) is 24.3 Å². The molecule has 4 rings (SSSR count). The largest absolute Gasteiger partial charge is 0.493 e. The lowest BCUT2D eigenvalue weighted by molar-refractivity contribution is -0.125. The summed E-state index contributed by atoms with van der Waals surface area (Å²) in [7, 11) is 1.52. The molecule has 0 aromatic heterocycles. The lowest BCUT2D eigenvalue weighted by atomic mass is 10.1. The van der Waals surface area contributed by atoms with Crippen LogP contribution in [0.15, 0.2) is 60.7 Å². The molecule has 1 aliphatic heterocycles. The van der Waals surface area contributed by atoms with Gasteiger partial charge >= 0.3 is 0 Å². The number of methoxy groups -OCH3 is 1. The number of carbonyl (C=O) groups is 2. The Balaban J connectivity index is 1.41. The topological polar surface area (TPSA) is 79.9 Å². The van der Waals surface area contributed by atoms with Gasteiger partial charge in [-0.25, -0.2) is 4.39 Å².